The van der Waals surface area contributed by atoms with E-state index in [1.54, 1.807) is 0 Å². The van der Waals surface area contributed by atoms with Crippen LogP contribution in [0.5, 0.6) is 0 Å². The summed E-state index contributed by atoms with van der Waals surface area (Å²) in [5, 5.41) is 0. The molecule has 112 valence electrons. The van der Waals surface area contributed by atoms with Gasteiger partial charge in [-0.2, -0.15) is 13.2 Å². The molecule has 1 atom stereocenters. The number of halogens is 6. The number of rotatable bonds is 2. The molecule has 0 fully saturated rings. The molecule has 21 heavy (non-hydrogen) atoms. The molecule has 2 N–H and O–H groups in total. The van der Waals surface area contributed by atoms with Crippen molar-refractivity contribution in [3.05, 3.63) is 69.2 Å². The van der Waals surface area contributed by atoms with Gasteiger partial charge in [-0.05, 0) is 35.4 Å². The Balaban J connectivity index is 2.55. The summed E-state index contributed by atoms with van der Waals surface area (Å²) < 4.78 is 65.7. The van der Waals surface area contributed by atoms with E-state index in [0.29, 0.717) is 6.07 Å². The fourth-order valence-corrected chi connectivity index (χ4v) is 2.34. The lowest BCUT2D eigenvalue weighted by atomic mass is 9.94. The maximum atomic E-state index is 13.2. The monoisotopic (exact) mass is 365 g/mol. The van der Waals surface area contributed by atoms with Crippen LogP contribution in [0.25, 0.3) is 0 Å². The molecule has 1 unspecified atom stereocenters. The summed E-state index contributed by atoms with van der Waals surface area (Å²) in [5.41, 5.74) is 4.48. The molecular formula is C14H9BrF5N. The Morgan fingerprint density at radius 2 is 1.52 bits per heavy atom. The highest BCUT2D eigenvalue weighted by Crippen LogP contribution is 2.37. The van der Waals surface area contributed by atoms with Crippen molar-refractivity contribution in [3.8, 4) is 0 Å². The third kappa shape index (κ3) is 3.59. The number of hydrogen-bond acceptors (Lipinski definition) is 1. The van der Waals surface area contributed by atoms with Gasteiger partial charge in [0.15, 0.2) is 0 Å². The van der Waals surface area contributed by atoms with Crippen molar-refractivity contribution in [2.75, 3.05) is 0 Å². The Labute approximate surface area is 125 Å². The van der Waals surface area contributed by atoms with E-state index in [2.05, 4.69) is 15.9 Å². The van der Waals surface area contributed by atoms with Crippen molar-refractivity contribution < 1.29 is 22.0 Å². The molecule has 0 spiro atoms. The van der Waals surface area contributed by atoms with Gasteiger partial charge in [-0.3, -0.25) is 0 Å². The zero-order chi connectivity index (χ0) is 15.8. The first-order valence-electron chi connectivity index (χ1n) is 5.76. The summed E-state index contributed by atoms with van der Waals surface area (Å²) in [6, 6.07) is 4.61. The number of hydrogen-bond donors (Lipinski definition) is 1. The fraction of sp³-hybridized carbons (Fsp3) is 0.143. The summed E-state index contributed by atoms with van der Waals surface area (Å²) in [7, 11) is 0. The van der Waals surface area contributed by atoms with E-state index in [1.807, 2.05) is 0 Å². The van der Waals surface area contributed by atoms with Crippen molar-refractivity contribution in [2.24, 2.45) is 5.73 Å². The molecule has 0 saturated carbocycles. The van der Waals surface area contributed by atoms with Gasteiger partial charge in [-0.1, -0.05) is 22.0 Å². The molecule has 0 amide bonds. The van der Waals surface area contributed by atoms with Gasteiger partial charge >= 0.3 is 6.18 Å². The topological polar surface area (TPSA) is 26.0 Å². The minimum Gasteiger partial charge on any atom is -0.320 e. The highest BCUT2D eigenvalue weighted by Gasteiger charge is 2.35. The first-order chi connectivity index (χ1) is 9.68. The van der Waals surface area contributed by atoms with Crippen molar-refractivity contribution in [1.29, 1.82) is 0 Å². The first-order valence-corrected chi connectivity index (χ1v) is 6.56. The molecule has 0 aliphatic heterocycles. The molecule has 7 heteroatoms. The van der Waals surface area contributed by atoms with Crippen LogP contribution < -0.4 is 5.73 Å². The smallest absolute Gasteiger partial charge is 0.320 e. The van der Waals surface area contributed by atoms with Gasteiger partial charge in [0.1, 0.15) is 11.6 Å². The van der Waals surface area contributed by atoms with E-state index < -0.39 is 29.4 Å². The van der Waals surface area contributed by atoms with Crippen LogP contribution in [0.15, 0.2) is 40.9 Å². The zero-order valence-electron chi connectivity index (χ0n) is 10.4. The average Bonchev–Trinajstić information content (AvgIpc) is 2.35. The van der Waals surface area contributed by atoms with Crippen LogP contribution in [-0.4, -0.2) is 0 Å². The predicted octanol–water partition coefficient (Wildman–Crippen LogP) is 4.79. The predicted molar refractivity (Wildman–Crippen MR) is 71.5 cm³/mol. The molecule has 0 radical (unpaired) electrons. The minimum atomic E-state index is -4.62. The molecule has 2 aromatic carbocycles. The third-order valence-electron chi connectivity index (χ3n) is 2.90. The van der Waals surface area contributed by atoms with Crippen LogP contribution in [0.1, 0.15) is 22.7 Å². The van der Waals surface area contributed by atoms with Gasteiger partial charge in [0, 0.05) is 10.5 Å². The van der Waals surface area contributed by atoms with E-state index >= 15 is 0 Å². The van der Waals surface area contributed by atoms with Crippen LogP contribution in [0.3, 0.4) is 0 Å². The summed E-state index contributed by atoms with van der Waals surface area (Å²) in [5.74, 6) is -1.79. The van der Waals surface area contributed by atoms with Gasteiger partial charge in [0.05, 0.1) is 11.6 Å². The number of alkyl halides is 3. The summed E-state index contributed by atoms with van der Waals surface area (Å²) >= 11 is 2.96. The van der Waals surface area contributed by atoms with Gasteiger partial charge in [0.25, 0.3) is 0 Å². The van der Waals surface area contributed by atoms with Gasteiger partial charge in [-0.15, -0.1) is 0 Å². The van der Waals surface area contributed by atoms with Crippen LogP contribution in [0.2, 0.25) is 0 Å². The maximum absolute atomic E-state index is 13.2. The van der Waals surface area contributed by atoms with E-state index in [9.17, 15) is 22.0 Å². The van der Waals surface area contributed by atoms with Crippen LogP contribution >= 0.6 is 15.9 Å². The lowest BCUT2D eigenvalue weighted by Crippen LogP contribution is -2.19. The van der Waals surface area contributed by atoms with E-state index in [0.717, 1.165) is 18.2 Å². The molecule has 1 nitrogen and oxygen atoms in total. The van der Waals surface area contributed by atoms with E-state index in [4.69, 9.17) is 5.73 Å². The number of benzene rings is 2. The maximum Gasteiger partial charge on any atom is 0.416 e. The molecular weight excluding hydrogens is 357 g/mol. The van der Waals surface area contributed by atoms with Gasteiger partial charge in [0.2, 0.25) is 0 Å². The van der Waals surface area contributed by atoms with Crippen LogP contribution in [0.4, 0.5) is 22.0 Å². The second-order valence-electron chi connectivity index (χ2n) is 4.41. The Kier molecular flexibility index (Phi) is 4.34. The van der Waals surface area contributed by atoms with Crippen LogP contribution in [0, 0.1) is 11.6 Å². The van der Waals surface area contributed by atoms with E-state index in [1.165, 1.54) is 12.1 Å². The van der Waals surface area contributed by atoms with Crippen molar-refractivity contribution in [3.63, 3.8) is 0 Å². The molecule has 0 heterocycles. The quantitative estimate of drug-likeness (QED) is 0.760. The molecule has 0 aliphatic carbocycles. The average molecular weight is 366 g/mol. The lowest BCUT2D eigenvalue weighted by molar-refractivity contribution is -0.138. The standard InChI is InChI=1S/C14H9BrF5N/c15-8-1-2-11(12(5-8)14(18,19)20)13(21)7-3-9(16)6-10(17)4-7/h1-6,13H,21H2. The third-order valence-corrected chi connectivity index (χ3v) is 3.39. The Morgan fingerprint density at radius 3 is 2.05 bits per heavy atom. The van der Waals surface area contributed by atoms with Crippen molar-refractivity contribution in [2.45, 2.75) is 12.2 Å². The SMILES string of the molecule is NC(c1cc(F)cc(F)c1)c1ccc(Br)cc1C(F)(F)F. The molecule has 0 aromatic heterocycles. The largest absolute Gasteiger partial charge is 0.416 e. The first kappa shape index (κ1) is 15.9. The minimum absolute atomic E-state index is 0.0691. The summed E-state index contributed by atoms with van der Waals surface area (Å²) in [4.78, 5) is 0. The molecule has 0 bridgehead atoms. The molecule has 0 saturated heterocycles. The van der Waals surface area contributed by atoms with E-state index in [-0.39, 0.29) is 15.6 Å². The van der Waals surface area contributed by atoms with Crippen molar-refractivity contribution in [1.82, 2.24) is 0 Å². The Morgan fingerprint density at radius 1 is 0.952 bits per heavy atom. The second kappa shape index (κ2) is 5.73. The Bertz CT molecular complexity index is 649. The highest BCUT2D eigenvalue weighted by atomic mass is 79.9. The normalized spacial score (nSPS) is 13.3. The zero-order valence-corrected chi connectivity index (χ0v) is 12.0. The lowest BCUT2D eigenvalue weighted by Gasteiger charge is -2.19. The van der Waals surface area contributed by atoms with Crippen LogP contribution in [-0.2, 0) is 6.18 Å². The fourth-order valence-electron chi connectivity index (χ4n) is 1.98. The van der Waals surface area contributed by atoms with Gasteiger partial charge in [-0.25, -0.2) is 8.78 Å². The number of nitrogens with two attached hydrogens (primary N) is 1. The van der Waals surface area contributed by atoms with Gasteiger partial charge < -0.3 is 5.73 Å². The Hall–Kier alpha value is -1.47. The van der Waals surface area contributed by atoms with Crippen molar-refractivity contribution >= 4 is 15.9 Å². The molecule has 2 aromatic rings. The molecule has 2 rings (SSSR count). The highest BCUT2D eigenvalue weighted by molar-refractivity contribution is 9.10. The summed E-state index contributed by atoms with van der Waals surface area (Å²) in [6.07, 6.45) is -4.62. The molecule has 0 aliphatic rings. The second-order valence-corrected chi connectivity index (χ2v) is 5.33. The summed E-state index contributed by atoms with van der Waals surface area (Å²) in [6.45, 7) is 0.